The molecule has 0 aliphatic heterocycles. The summed E-state index contributed by atoms with van der Waals surface area (Å²) < 4.78 is 0. The second-order valence-corrected chi connectivity index (χ2v) is 12.5. The van der Waals surface area contributed by atoms with Gasteiger partial charge in [0.15, 0.2) is 0 Å². The summed E-state index contributed by atoms with van der Waals surface area (Å²) in [7, 11) is 9.87. The summed E-state index contributed by atoms with van der Waals surface area (Å²) in [6.45, 7) is 11.6. The number of rotatable bonds is 2. The third kappa shape index (κ3) is 4.53. The summed E-state index contributed by atoms with van der Waals surface area (Å²) in [5, 5.41) is 0. The molecule has 0 nitrogen and oxygen atoms in total. The molecule has 2 saturated carbocycles. The van der Waals surface area contributed by atoms with Crippen LogP contribution in [-0.4, -0.2) is 0 Å². The zero-order valence-electron chi connectivity index (χ0n) is 17.1. The number of allylic oxidation sites excluding steroid dienone is 8. The number of hydrogen-bond donors (Lipinski definition) is 0. The van der Waals surface area contributed by atoms with E-state index in [4.69, 9.17) is 17.0 Å². The van der Waals surface area contributed by atoms with Crippen molar-refractivity contribution in [3.05, 3.63) is 109 Å². The molecule has 0 aromatic carbocycles. The van der Waals surface area contributed by atoms with Crippen molar-refractivity contribution in [3.8, 4) is 0 Å². The summed E-state index contributed by atoms with van der Waals surface area (Å²) in [6.07, 6.45) is 24.7. The molecular weight excluding hydrogens is 462 g/mol. The SMILES string of the molecule is CC(C)(C)[C]1[CH][CH][C](C(C)(C)[C]2[C]3C=CC=C[C]3[C]3C=CC=C[C]32)[CH]1.[Cl][Zr+2][Cl]. The zero-order chi connectivity index (χ0) is 20.5. The minimum absolute atomic E-state index is 0.0355. The van der Waals surface area contributed by atoms with E-state index >= 15 is 0 Å². The quantitative estimate of drug-likeness (QED) is 0.381. The summed E-state index contributed by atoms with van der Waals surface area (Å²) in [4.78, 5) is 0. The molecule has 0 N–H and O–H groups in total. The second-order valence-electron chi connectivity index (χ2n) is 8.80. The van der Waals surface area contributed by atoms with Crippen LogP contribution in [0.5, 0.6) is 0 Å². The molecule has 4 rings (SSSR count). The van der Waals surface area contributed by atoms with E-state index in [9.17, 15) is 0 Å². The van der Waals surface area contributed by atoms with Crippen LogP contribution in [0.25, 0.3) is 0 Å². The van der Waals surface area contributed by atoms with Gasteiger partial charge in [-0.25, -0.2) is 0 Å². The van der Waals surface area contributed by atoms with E-state index in [2.05, 4.69) is 102 Å². The van der Waals surface area contributed by atoms with Crippen molar-refractivity contribution in [2.75, 3.05) is 0 Å². The first-order valence-corrected chi connectivity index (χ1v) is 15.9. The molecule has 0 unspecified atom stereocenters. The topological polar surface area (TPSA) is 0 Å². The van der Waals surface area contributed by atoms with Crippen LogP contribution in [0, 0.1) is 71.5 Å². The third-order valence-corrected chi connectivity index (χ3v) is 5.65. The molecule has 0 heterocycles. The van der Waals surface area contributed by atoms with Gasteiger partial charge in [0.05, 0.1) is 0 Å². The van der Waals surface area contributed by atoms with E-state index in [0.717, 1.165) is 0 Å². The van der Waals surface area contributed by atoms with Gasteiger partial charge in [0.2, 0.25) is 0 Å². The Morgan fingerprint density at radius 2 is 1.04 bits per heavy atom. The molecule has 0 bridgehead atoms. The predicted octanol–water partition coefficient (Wildman–Crippen LogP) is 7.35. The summed E-state index contributed by atoms with van der Waals surface area (Å²) in [5.41, 5.74) is 0.149. The Labute approximate surface area is 191 Å². The molecular formula is C25H26Cl2Zr+2. The third-order valence-electron chi connectivity index (χ3n) is 5.65. The Hall–Kier alpha value is 0.423. The predicted molar refractivity (Wildman–Crippen MR) is 117 cm³/mol. The van der Waals surface area contributed by atoms with Gasteiger partial charge in [-0.2, -0.15) is 0 Å². The Kier molecular flexibility index (Phi) is 7.65. The molecule has 2 fully saturated rings. The van der Waals surface area contributed by atoms with Gasteiger partial charge >= 0.3 is 37.9 Å². The van der Waals surface area contributed by atoms with Crippen molar-refractivity contribution in [2.45, 2.75) is 34.6 Å². The molecule has 4 aliphatic rings. The Bertz CT molecular complexity index is 618. The van der Waals surface area contributed by atoms with E-state index in [1.54, 1.807) is 0 Å². The molecule has 0 aromatic rings. The maximum atomic E-state index is 4.93. The van der Waals surface area contributed by atoms with Crippen LogP contribution < -0.4 is 0 Å². The Morgan fingerprint density at radius 1 is 0.643 bits per heavy atom. The van der Waals surface area contributed by atoms with Crippen molar-refractivity contribution in [1.82, 2.24) is 0 Å². The standard InChI is InChI=1S/C25H26.2ClH.Zr/c1-24(2,3)17-14-15-18(16-17)25(4,5)23-21-12-8-6-10-19(21)20-11-7-9-13-22(20)23;;;/h6-16H,1-5H3;2*1H;/q;;;+4/p-2. The van der Waals surface area contributed by atoms with Gasteiger partial charge in [0.25, 0.3) is 0 Å². The Balaban J connectivity index is 0.000000706. The van der Waals surface area contributed by atoms with E-state index in [0.29, 0.717) is 0 Å². The number of hydrogen-bond acceptors (Lipinski definition) is 0. The van der Waals surface area contributed by atoms with Crippen molar-refractivity contribution in [1.29, 1.82) is 0 Å². The maximum absolute atomic E-state index is 4.93. The fourth-order valence-electron chi connectivity index (χ4n) is 4.13. The summed E-state index contributed by atoms with van der Waals surface area (Å²) in [6, 6.07) is 0. The van der Waals surface area contributed by atoms with E-state index in [-0.39, 0.29) is 10.8 Å². The fraction of sp³-hybridized carbons (Fsp3) is 0.280. The van der Waals surface area contributed by atoms with Crippen LogP contribution >= 0.6 is 17.0 Å². The van der Waals surface area contributed by atoms with E-state index in [1.807, 2.05) is 0 Å². The van der Waals surface area contributed by atoms with Crippen molar-refractivity contribution >= 4 is 17.0 Å². The van der Waals surface area contributed by atoms with Gasteiger partial charge in [-0.3, -0.25) is 0 Å². The average molecular weight is 489 g/mol. The number of halogens is 2. The molecule has 28 heavy (non-hydrogen) atoms. The fourth-order valence-corrected chi connectivity index (χ4v) is 4.13. The monoisotopic (exact) mass is 486 g/mol. The van der Waals surface area contributed by atoms with Gasteiger partial charge in [-0.15, -0.1) is 0 Å². The molecule has 3 heteroatoms. The second kappa shape index (κ2) is 9.28. The molecule has 0 spiro atoms. The van der Waals surface area contributed by atoms with Gasteiger partial charge in [-0.1, -0.05) is 83.2 Å². The van der Waals surface area contributed by atoms with E-state index in [1.165, 1.54) is 41.4 Å². The normalized spacial score (nSPS) is 25.0. The molecule has 4 aliphatic carbocycles. The van der Waals surface area contributed by atoms with Gasteiger partial charge in [0.1, 0.15) is 0 Å². The minimum atomic E-state index is -0.826. The molecule has 0 saturated heterocycles. The van der Waals surface area contributed by atoms with Gasteiger partial charge in [-0.05, 0) is 41.9 Å². The van der Waals surface area contributed by atoms with Crippen molar-refractivity contribution < 1.29 is 20.8 Å². The van der Waals surface area contributed by atoms with Gasteiger partial charge < -0.3 is 0 Å². The van der Waals surface area contributed by atoms with E-state index < -0.39 is 20.8 Å². The zero-order valence-corrected chi connectivity index (χ0v) is 21.1. The molecule has 0 atom stereocenters. The first kappa shape index (κ1) is 23.1. The molecule has 0 amide bonds. The van der Waals surface area contributed by atoms with Crippen LogP contribution in [0.4, 0.5) is 0 Å². The first-order chi connectivity index (χ1) is 13.2. The van der Waals surface area contributed by atoms with Crippen molar-refractivity contribution in [2.24, 2.45) is 10.8 Å². The van der Waals surface area contributed by atoms with Crippen molar-refractivity contribution in [3.63, 3.8) is 0 Å². The Morgan fingerprint density at radius 3 is 1.43 bits per heavy atom. The van der Waals surface area contributed by atoms with Crippen LogP contribution in [-0.2, 0) is 20.8 Å². The molecule has 142 valence electrons. The number of fused-ring (bicyclic) bond motifs is 3. The van der Waals surface area contributed by atoms with Crippen LogP contribution in [0.15, 0.2) is 48.6 Å². The van der Waals surface area contributed by atoms with Crippen LogP contribution in [0.2, 0.25) is 0 Å². The first-order valence-electron chi connectivity index (χ1n) is 9.52. The van der Waals surface area contributed by atoms with Gasteiger partial charge in [0, 0.05) is 29.6 Å². The van der Waals surface area contributed by atoms with Crippen LogP contribution in [0.1, 0.15) is 34.6 Å². The molecule has 0 aromatic heterocycles. The molecule has 10 radical (unpaired) electrons. The van der Waals surface area contributed by atoms with Crippen LogP contribution in [0.3, 0.4) is 0 Å². The summed E-state index contributed by atoms with van der Waals surface area (Å²) in [5.74, 6) is 9.76. The average Bonchev–Trinajstić information content (AvgIpc) is 3.26. The summed E-state index contributed by atoms with van der Waals surface area (Å²) >= 11 is -0.826.